The molecule has 0 aliphatic heterocycles. The van der Waals surface area contributed by atoms with Gasteiger partial charge in [0, 0.05) is 12.1 Å². The number of ether oxygens (including phenoxy) is 1. The molecule has 0 fully saturated rings. The number of aliphatic hydroxyl groups is 1. The van der Waals surface area contributed by atoms with E-state index in [1.165, 1.54) is 4.90 Å². The number of nitrogens with one attached hydrogen (secondary N) is 2. The van der Waals surface area contributed by atoms with Gasteiger partial charge in [0.2, 0.25) is 5.91 Å². The molecular weight excluding hydrogens is 542 g/mol. The molecule has 2 aromatic carbocycles. The van der Waals surface area contributed by atoms with E-state index in [1.807, 2.05) is 13.0 Å². The summed E-state index contributed by atoms with van der Waals surface area (Å²) in [5.74, 6) is 1.44. The number of anilines is 1. The molecule has 222 valence electrons. The Morgan fingerprint density at radius 3 is 2.37 bits per heavy atom. The molecule has 0 aliphatic rings. The van der Waals surface area contributed by atoms with Crippen LogP contribution in [0.5, 0.6) is 0 Å². The number of nitrogens with zero attached hydrogens (tertiary/aromatic N) is 1. The molecule has 0 heterocycles. The maximum Gasteiger partial charge on any atom is 0.408 e. The normalized spacial score (nSPS) is 12.5. The maximum atomic E-state index is 14.1. The first kappa shape index (κ1) is 33.7. The highest BCUT2D eigenvalue weighted by molar-refractivity contribution is 6.34. The summed E-state index contributed by atoms with van der Waals surface area (Å²) in [6.45, 7) is 8.50. The van der Waals surface area contributed by atoms with Gasteiger partial charge in [-0.05, 0) is 57.4 Å². The average Bonchev–Trinajstić information content (AvgIpc) is 2.91. The molecule has 3 N–H and O–H groups in total. The first-order chi connectivity index (χ1) is 19.4. The van der Waals surface area contributed by atoms with E-state index in [9.17, 15) is 19.5 Å². The molecule has 2 aromatic rings. The second kappa shape index (κ2) is 16.0. The number of carbonyl (C=O) groups is 3. The minimum Gasteiger partial charge on any atom is -0.444 e. The molecule has 9 heteroatoms. The minimum absolute atomic E-state index is 0.188. The lowest BCUT2D eigenvalue weighted by Crippen LogP contribution is -2.54. The smallest absolute Gasteiger partial charge is 0.408 e. The van der Waals surface area contributed by atoms with Crippen LogP contribution in [0.1, 0.15) is 82.5 Å². The van der Waals surface area contributed by atoms with Crippen LogP contribution in [0.2, 0.25) is 5.02 Å². The Morgan fingerprint density at radius 1 is 1.07 bits per heavy atom. The molecule has 0 bridgehead atoms. The Hall–Kier alpha value is -3.54. The van der Waals surface area contributed by atoms with Crippen molar-refractivity contribution < 1.29 is 24.2 Å². The fraction of sp³-hybridized carbons (Fsp3) is 0.469. The van der Waals surface area contributed by atoms with Crippen LogP contribution < -0.4 is 10.6 Å². The van der Waals surface area contributed by atoms with E-state index < -0.39 is 42.2 Å². The number of terminal acetylenes is 1. The fourth-order valence-electron chi connectivity index (χ4n) is 4.39. The molecule has 8 nitrogen and oxygen atoms in total. The van der Waals surface area contributed by atoms with Crippen molar-refractivity contribution in [1.29, 1.82) is 0 Å². The van der Waals surface area contributed by atoms with Crippen LogP contribution in [0.25, 0.3) is 0 Å². The Balaban J connectivity index is 2.57. The molecule has 0 spiro atoms. The van der Waals surface area contributed by atoms with E-state index in [-0.39, 0.29) is 6.54 Å². The van der Waals surface area contributed by atoms with Crippen LogP contribution in [0.3, 0.4) is 0 Å². The van der Waals surface area contributed by atoms with E-state index in [2.05, 4.69) is 23.5 Å². The molecule has 3 amide bonds. The van der Waals surface area contributed by atoms with Gasteiger partial charge in [-0.15, -0.1) is 6.42 Å². The number of alkyl carbamates (subject to hydrolysis) is 1. The maximum absolute atomic E-state index is 14.1. The Bertz CT molecular complexity index is 1210. The van der Waals surface area contributed by atoms with Crippen LogP contribution in [-0.4, -0.2) is 52.7 Å². The summed E-state index contributed by atoms with van der Waals surface area (Å²) in [6, 6.07) is 9.62. The monoisotopic (exact) mass is 583 g/mol. The standard InChI is InChI=1S/C32H42ClN3O5/c1-7-9-10-11-14-20-36(30(39)26(21-37)34-31(40)41-32(4,5)6)28(24-18-13-12-17-23(24)8-2)29(38)35-27-22(3)16-15-19-25(27)33/h2,12-13,15-19,26,28,37H,7,9-11,14,20-21H2,1,3-6H3,(H,34,40)(H,35,38). The van der Waals surface area contributed by atoms with Gasteiger partial charge in [0.1, 0.15) is 17.7 Å². The molecule has 0 saturated heterocycles. The van der Waals surface area contributed by atoms with Crippen molar-refractivity contribution in [2.45, 2.75) is 84.4 Å². The van der Waals surface area contributed by atoms with Crippen molar-refractivity contribution in [3.63, 3.8) is 0 Å². The van der Waals surface area contributed by atoms with Gasteiger partial charge in [0.25, 0.3) is 5.91 Å². The summed E-state index contributed by atoms with van der Waals surface area (Å²) >= 11 is 6.42. The van der Waals surface area contributed by atoms with Crippen molar-refractivity contribution >= 4 is 35.2 Å². The number of hydrogen-bond acceptors (Lipinski definition) is 5. The number of unbranched alkanes of at least 4 members (excludes halogenated alkanes) is 4. The summed E-state index contributed by atoms with van der Waals surface area (Å²) in [7, 11) is 0. The third-order valence-electron chi connectivity index (χ3n) is 6.40. The number of rotatable bonds is 13. The van der Waals surface area contributed by atoms with Crippen molar-refractivity contribution in [2.75, 3.05) is 18.5 Å². The lowest BCUT2D eigenvalue weighted by Gasteiger charge is -2.34. The van der Waals surface area contributed by atoms with Crippen LogP contribution in [0, 0.1) is 19.3 Å². The number of aryl methyl sites for hydroxylation is 1. The third kappa shape index (κ3) is 10.1. The Kier molecular flexibility index (Phi) is 13.2. The SMILES string of the molecule is C#Cc1ccccc1C(C(=O)Nc1c(C)cccc1Cl)N(CCCCCCC)C(=O)C(CO)NC(=O)OC(C)(C)C. The van der Waals surface area contributed by atoms with Gasteiger partial charge < -0.3 is 25.4 Å². The average molecular weight is 584 g/mol. The predicted molar refractivity (Wildman–Crippen MR) is 163 cm³/mol. The van der Waals surface area contributed by atoms with Gasteiger partial charge in [0.15, 0.2) is 0 Å². The van der Waals surface area contributed by atoms with Crippen LogP contribution >= 0.6 is 11.6 Å². The number of aliphatic hydroxyl groups excluding tert-OH is 1. The zero-order valence-corrected chi connectivity index (χ0v) is 25.4. The molecule has 0 radical (unpaired) electrons. The predicted octanol–water partition coefficient (Wildman–Crippen LogP) is 5.99. The molecule has 2 atom stereocenters. The van der Waals surface area contributed by atoms with Gasteiger partial charge >= 0.3 is 6.09 Å². The lowest BCUT2D eigenvalue weighted by atomic mass is 9.97. The number of halogens is 1. The topological polar surface area (TPSA) is 108 Å². The third-order valence-corrected chi connectivity index (χ3v) is 6.71. The first-order valence-corrected chi connectivity index (χ1v) is 14.3. The van der Waals surface area contributed by atoms with E-state index in [4.69, 9.17) is 22.8 Å². The van der Waals surface area contributed by atoms with Gasteiger partial charge in [-0.2, -0.15) is 0 Å². The second-order valence-electron chi connectivity index (χ2n) is 10.9. The van der Waals surface area contributed by atoms with Crippen LogP contribution in [-0.2, 0) is 14.3 Å². The van der Waals surface area contributed by atoms with E-state index in [0.29, 0.717) is 28.3 Å². The highest BCUT2D eigenvalue weighted by atomic mass is 35.5. The summed E-state index contributed by atoms with van der Waals surface area (Å²) in [5.41, 5.74) is 1.23. The largest absolute Gasteiger partial charge is 0.444 e. The van der Waals surface area contributed by atoms with Gasteiger partial charge in [-0.1, -0.05) is 80.5 Å². The zero-order chi connectivity index (χ0) is 30.6. The van der Waals surface area contributed by atoms with Gasteiger partial charge in [-0.3, -0.25) is 9.59 Å². The molecular formula is C32H42ClN3O5. The molecule has 0 aromatic heterocycles. The van der Waals surface area contributed by atoms with Crippen molar-refractivity contribution in [3.05, 3.63) is 64.2 Å². The molecule has 41 heavy (non-hydrogen) atoms. The Labute approximate surface area is 248 Å². The van der Waals surface area contributed by atoms with Crippen LogP contribution in [0.4, 0.5) is 10.5 Å². The van der Waals surface area contributed by atoms with Crippen molar-refractivity contribution in [3.8, 4) is 12.3 Å². The second-order valence-corrected chi connectivity index (χ2v) is 11.3. The molecule has 0 aliphatic carbocycles. The number of hydrogen-bond donors (Lipinski definition) is 3. The summed E-state index contributed by atoms with van der Waals surface area (Å²) in [5, 5.41) is 15.9. The van der Waals surface area contributed by atoms with Crippen molar-refractivity contribution in [1.82, 2.24) is 10.2 Å². The quantitative estimate of drug-likeness (QED) is 0.198. The highest BCUT2D eigenvalue weighted by Crippen LogP contribution is 2.31. The number of para-hydroxylation sites is 1. The zero-order valence-electron chi connectivity index (χ0n) is 24.6. The van der Waals surface area contributed by atoms with E-state index >= 15 is 0 Å². The van der Waals surface area contributed by atoms with E-state index in [0.717, 1.165) is 31.2 Å². The Morgan fingerprint density at radius 2 is 1.76 bits per heavy atom. The number of carbonyl (C=O) groups excluding carboxylic acids is 3. The number of amides is 3. The first-order valence-electron chi connectivity index (χ1n) is 14.0. The fourth-order valence-corrected chi connectivity index (χ4v) is 4.66. The van der Waals surface area contributed by atoms with Crippen LogP contribution in [0.15, 0.2) is 42.5 Å². The lowest BCUT2D eigenvalue weighted by molar-refractivity contribution is -0.141. The van der Waals surface area contributed by atoms with Gasteiger partial charge in [0.05, 0.1) is 17.3 Å². The van der Waals surface area contributed by atoms with E-state index in [1.54, 1.807) is 57.2 Å². The highest BCUT2D eigenvalue weighted by Gasteiger charge is 2.37. The summed E-state index contributed by atoms with van der Waals surface area (Å²) < 4.78 is 5.31. The molecule has 2 unspecified atom stereocenters. The molecule has 0 saturated carbocycles. The van der Waals surface area contributed by atoms with Crippen molar-refractivity contribution in [2.24, 2.45) is 0 Å². The summed E-state index contributed by atoms with van der Waals surface area (Å²) in [4.78, 5) is 42.0. The summed E-state index contributed by atoms with van der Waals surface area (Å²) in [6.07, 6.45) is 9.44. The molecule has 2 rings (SSSR count). The van der Waals surface area contributed by atoms with Gasteiger partial charge in [-0.25, -0.2) is 4.79 Å². The number of benzene rings is 2. The minimum atomic E-state index is -1.35.